The lowest BCUT2D eigenvalue weighted by Gasteiger charge is -2.30. The smallest absolute Gasteiger partial charge is 0.266 e. The maximum absolute atomic E-state index is 5.92. The molecule has 2 aromatic heterocycles. The first-order valence-electron chi connectivity index (χ1n) is 8.66. The van der Waals surface area contributed by atoms with Crippen LogP contribution in [-0.4, -0.2) is 53.9 Å². The molecule has 0 radical (unpaired) electrons. The highest BCUT2D eigenvalue weighted by atomic mass is 32.1. The van der Waals surface area contributed by atoms with Crippen LogP contribution in [0.25, 0.3) is 0 Å². The summed E-state index contributed by atoms with van der Waals surface area (Å²) >= 11 is 1.89. The molecule has 130 valence electrons. The van der Waals surface area contributed by atoms with Gasteiger partial charge in [-0.25, -0.2) is 0 Å². The molecule has 0 aliphatic carbocycles. The second kappa shape index (κ2) is 6.82. The molecule has 0 amide bonds. The van der Waals surface area contributed by atoms with Crippen molar-refractivity contribution in [1.29, 1.82) is 0 Å². The first-order valence-corrected chi connectivity index (χ1v) is 9.47. The quantitative estimate of drug-likeness (QED) is 0.845. The summed E-state index contributed by atoms with van der Waals surface area (Å²) in [6.07, 6.45) is 0.778. The Bertz CT molecular complexity index is 686. The number of aromatic nitrogens is 2. The van der Waals surface area contributed by atoms with Gasteiger partial charge in [0.2, 0.25) is 5.89 Å². The van der Waals surface area contributed by atoms with Gasteiger partial charge in [0.1, 0.15) is 0 Å². The van der Waals surface area contributed by atoms with Gasteiger partial charge in [-0.1, -0.05) is 6.92 Å². The molecule has 2 aliphatic heterocycles. The van der Waals surface area contributed by atoms with Gasteiger partial charge in [0.25, 0.3) is 5.95 Å². The van der Waals surface area contributed by atoms with Gasteiger partial charge in [-0.3, -0.25) is 4.90 Å². The van der Waals surface area contributed by atoms with Crippen molar-refractivity contribution in [3.63, 3.8) is 0 Å². The Morgan fingerprint density at radius 2 is 2.17 bits per heavy atom. The van der Waals surface area contributed by atoms with Gasteiger partial charge in [-0.15, -0.1) is 11.3 Å². The Morgan fingerprint density at radius 3 is 2.92 bits per heavy atom. The summed E-state index contributed by atoms with van der Waals surface area (Å²) < 4.78 is 11.2. The van der Waals surface area contributed by atoms with E-state index in [1.807, 2.05) is 18.3 Å². The molecule has 2 saturated heterocycles. The number of hydrogen-bond donors (Lipinski definition) is 0. The molecular weight excluding hydrogens is 324 g/mol. The van der Waals surface area contributed by atoms with E-state index in [9.17, 15) is 0 Å². The third-order valence-electron chi connectivity index (χ3n) is 4.78. The van der Waals surface area contributed by atoms with Crippen LogP contribution in [0.2, 0.25) is 0 Å². The molecule has 0 unspecified atom stereocenters. The number of fused-ring (bicyclic) bond motifs is 3. The van der Waals surface area contributed by atoms with Gasteiger partial charge < -0.3 is 14.2 Å². The first-order chi connectivity index (χ1) is 11.7. The SMILES string of the molecule is CCc1nc(N2C[C@@H]3COC[C@H](C2)N(Cc2ccc(C)s2)C3)no1. The van der Waals surface area contributed by atoms with Gasteiger partial charge in [-0.05, 0) is 24.2 Å². The summed E-state index contributed by atoms with van der Waals surface area (Å²) in [6.45, 7) is 9.68. The van der Waals surface area contributed by atoms with Crippen molar-refractivity contribution >= 4 is 17.3 Å². The average molecular weight is 348 g/mol. The highest BCUT2D eigenvalue weighted by molar-refractivity contribution is 7.11. The summed E-state index contributed by atoms with van der Waals surface area (Å²) in [4.78, 5) is 12.2. The number of thiophene rings is 1. The van der Waals surface area contributed by atoms with Gasteiger partial charge in [0.15, 0.2) is 0 Å². The van der Waals surface area contributed by atoms with Crippen LogP contribution in [0.5, 0.6) is 0 Å². The number of nitrogens with zero attached hydrogens (tertiary/aromatic N) is 4. The summed E-state index contributed by atoms with van der Waals surface area (Å²) in [7, 11) is 0. The fourth-order valence-electron chi connectivity index (χ4n) is 3.57. The zero-order valence-corrected chi connectivity index (χ0v) is 15.1. The highest BCUT2D eigenvalue weighted by Gasteiger charge is 2.34. The zero-order valence-electron chi connectivity index (χ0n) is 14.3. The molecule has 4 rings (SSSR count). The van der Waals surface area contributed by atoms with E-state index < -0.39 is 0 Å². The fraction of sp³-hybridized carbons (Fsp3) is 0.647. The monoisotopic (exact) mass is 348 g/mol. The van der Waals surface area contributed by atoms with Crippen LogP contribution in [0.3, 0.4) is 0 Å². The maximum atomic E-state index is 5.92. The van der Waals surface area contributed by atoms with Crippen molar-refractivity contribution in [2.24, 2.45) is 5.92 Å². The summed E-state index contributed by atoms with van der Waals surface area (Å²) in [5.74, 6) is 1.92. The Labute approximate surface area is 146 Å². The average Bonchev–Trinajstić information content (AvgIpc) is 3.09. The Hall–Kier alpha value is -1.44. The standard InChI is InChI=1S/C17H24N4O2S/c1-3-16-18-17(19-23-16)21-7-13-6-20(14(8-21)11-22-10-13)9-15-5-4-12(2)24-15/h4-5,13-14H,3,6-11H2,1-2H3/t13-,14+/m1/s1. The number of anilines is 1. The maximum Gasteiger partial charge on any atom is 0.266 e. The molecule has 7 heteroatoms. The summed E-state index contributed by atoms with van der Waals surface area (Å²) in [6, 6.07) is 4.82. The molecule has 0 saturated carbocycles. The number of rotatable bonds is 4. The minimum atomic E-state index is 0.364. The third-order valence-corrected chi connectivity index (χ3v) is 5.77. The highest BCUT2D eigenvalue weighted by Crippen LogP contribution is 2.26. The van der Waals surface area contributed by atoms with Gasteiger partial charge in [0.05, 0.1) is 19.3 Å². The van der Waals surface area contributed by atoms with E-state index >= 15 is 0 Å². The summed E-state index contributed by atoms with van der Waals surface area (Å²) in [5.41, 5.74) is 0. The molecular formula is C17H24N4O2S. The predicted molar refractivity (Wildman–Crippen MR) is 93.5 cm³/mol. The molecule has 4 heterocycles. The second-order valence-corrected chi connectivity index (χ2v) is 8.12. The topological polar surface area (TPSA) is 54.6 Å². The van der Waals surface area contributed by atoms with Crippen molar-refractivity contribution in [3.05, 3.63) is 27.8 Å². The normalized spacial score (nSPS) is 25.0. The van der Waals surface area contributed by atoms with E-state index in [1.165, 1.54) is 9.75 Å². The van der Waals surface area contributed by atoms with Crippen molar-refractivity contribution in [2.45, 2.75) is 32.9 Å². The molecule has 0 N–H and O–H groups in total. The molecule has 0 spiro atoms. The number of ether oxygens (including phenoxy) is 1. The second-order valence-electron chi connectivity index (χ2n) is 6.75. The summed E-state index contributed by atoms with van der Waals surface area (Å²) in [5, 5.41) is 4.17. The lowest BCUT2D eigenvalue weighted by atomic mass is 10.1. The Morgan fingerprint density at radius 1 is 1.25 bits per heavy atom. The molecule has 24 heavy (non-hydrogen) atoms. The first kappa shape index (κ1) is 16.1. The van der Waals surface area contributed by atoms with Crippen molar-refractivity contribution in [3.8, 4) is 0 Å². The lowest BCUT2D eigenvalue weighted by Crippen LogP contribution is -2.43. The molecule has 0 aromatic carbocycles. The van der Waals surface area contributed by atoms with Crippen LogP contribution in [0.1, 0.15) is 22.6 Å². The van der Waals surface area contributed by atoms with Crippen molar-refractivity contribution in [1.82, 2.24) is 15.0 Å². The third kappa shape index (κ3) is 3.34. The van der Waals surface area contributed by atoms with Gasteiger partial charge >= 0.3 is 0 Å². The zero-order chi connectivity index (χ0) is 16.5. The van der Waals surface area contributed by atoms with E-state index in [0.29, 0.717) is 17.9 Å². The predicted octanol–water partition coefficient (Wildman–Crippen LogP) is 2.34. The fourth-order valence-corrected chi connectivity index (χ4v) is 4.49. The van der Waals surface area contributed by atoms with E-state index in [2.05, 4.69) is 39.0 Å². The van der Waals surface area contributed by atoms with Crippen LogP contribution >= 0.6 is 11.3 Å². The van der Waals surface area contributed by atoms with Crippen LogP contribution in [0.4, 0.5) is 5.95 Å². The van der Waals surface area contributed by atoms with Gasteiger partial charge in [-0.2, -0.15) is 4.98 Å². The van der Waals surface area contributed by atoms with Crippen LogP contribution in [0, 0.1) is 12.8 Å². The Balaban J connectivity index is 1.53. The molecule has 2 aromatic rings. The number of aryl methyl sites for hydroxylation is 2. The number of hydrogen-bond acceptors (Lipinski definition) is 7. The lowest BCUT2D eigenvalue weighted by molar-refractivity contribution is 0.0872. The van der Waals surface area contributed by atoms with E-state index in [4.69, 9.17) is 9.26 Å². The molecule has 2 fully saturated rings. The van der Waals surface area contributed by atoms with Crippen molar-refractivity contribution in [2.75, 3.05) is 37.7 Å². The van der Waals surface area contributed by atoms with Crippen molar-refractivity contribution < 1.29 is 9.26 Å². The molecule has 2 atom stereocenters. The van der Waals surface area contributed by atoms with E-state index in [1.54, 1.807) is 0 Å². The minimum absolute atomic E-state index is 0.364. The molecule has 2 bridgehead atoms. The van der Waals surface area contributed by atoms with Crippen LogP contribution in [0.15, 0.2) is 16.7 Å². The largest absolute Gasteiger partial charge is 0.379 e. The minimum Gasteiger partial charge on any atom is -0.379 e. The van der Waals surface area contributed by atoms with E-state index in [-0.39, 0.29) is 0 Å². The Kier molecular flexibility index (Phi) is 4.56. The molecule has 2 aliphatic rings. The van der Waals surface area contributed by atoms with Crippen LogP contribution < -0.4 is 4.90 Å². The van der Waals surface area contributed by atoms with E-state index in [0.717, 1.165) is 51.8 Å². The van der Waals surface area contributed by atoms with Gasteiger partial charge in [0, 0.05) is 48.3 Å². The molecule has 6 nitrogen and oxygen atoms in total. The van der Waals surface area contributed by atoms with Crippen LogP contribution in [-0.2, 0) is 17.7 Å².